The number of piperidine rings is 1. The third kappa shape index (κ3) is 3.80. The SMILES string of the molecule is CC(C)Oc1ccc(C(=O)N2CCC3(CC2)NCCn2c(C(F)(F)F)ccc23)cc1. The molecule has 2 aliphatic heterocycles. The van der Waals surface area contributed by atoms with Crippen LogP contribution in [0, 0.1) is 0 Å². The molecule has 0 bridgehead atoms. The Morgan fingerprint density at radius 3 is 2.33 bits per heavy atom. The Morgan fingerprint density at radius 2 is 1.73 bits per heavy atom. The first-order valence-corrected chi connectivity index (χ1v) is 10.3. The standard InChI is InChI=1S/C22H26F3N3O2/c1-15(2)30-17-5-3-16(4-6-17)20(29)27-12-9-21(10-13-27)18-7-8-19(22(23,24)25)28(18)14-11-26-21/h3-8,15,26H,9-14H2,1-2H3. The number of alkyl halides is 3. The van der Waals surface area contributed by atoms with E-state index in [4.69, 9.17) is 4.74 Å². The van der Waals surface area contributed by atoms with Gasteiger partial charge in [0.1, 0.15) is 11.4 Å². The zero-order chi connectivity index (χ0) is 21.5. The Kier molecular flexibility index (Phi) is 5.30. The van der Waals surface area contributed by atoms with Crippen LogP contribution in [0.3, 0.4) is 0 Å². The van der Waals surface area contributed by atoms with Crippen molar-refractivity contribution in [3.8, 4) is 5.75 Å². The number of carbonyl (C=O) groups excluding carboxylic acids is 1. The molecule has 1 fully saturated rings. The van der Waals surface area contributed by atoms with Gasteiger partial charge in [0, 0.05) is 37.4 Å². The number of amides is 1. The zero-order valence-corrected chi connectivity index (χ0v) is 17.1. The van der Waals surface area contributed by atoms with Gasteiger partial charge in [-0.25, -0.2) is 0 Å². The summed E-state index contributed by atoms with van der Waals surface area (Å²) in [5, 5.41) is 3.44. The molecule has 8 heteroatoms. The summed E-state index contributed by atoms with van der Waals surface area (Å²) in [5.74, 6) is 0.648. The van der Waals surface area contributed by atoms with Crippen molar-refractivity contribution >= 4 is 5.91 Å². The first-order chi connectivity index (χ1) is 14.2. The Hall–Kier alpha value is -2.48. The van der Waals surface area contributed by atoms with E-state index >= 15 is 0 Å². The molecule has 2 aliphatic rings. The fraction of sp³-hybridized carbons (Fsp3) is 0.500. The van der Waals surface area contributed by atoms with Crippen LogP contribution in [0.4, 0.5) is 13.2 Å². The molecule has 5 nitrogen and oxygen atoms in total. The van der Waals surface area contributed by atoms with Crippen LogP contribution in [0.15, 0.2) is 36.4 Å². The molecule has 30 heavy (non-hydrogen) atoms. The second-order valence-electron chi connectivity index (χ2n) is 8.25. The second-order valence-corrected chi connectivity index (χ2v) is 8.25. The molecular weight excluding hydrogens is 395 g/mol. The lowest BCUT2D eigenvalue weighted by Crippen LogP contribution is -2.56. The summed E-state index contributed by atoms with van der Waals surface area (Å²) in [7, 11) is 0. The van der Waals surface area contributed by atoms with Gasteiger partial charge in [-0.15, -0.1) is 0 Å². The molecular formula is C22H26F3N3O2. The van der Waals surface area contributed by atoms with E-state index in [-0.39, 0.29) is 12.0 Å². The maximum absolute atomic E-state index is 13.3. The summed E-state index contributed by atoms with van der Waals surface area (Å²) in [5.41, 5.74) is 0.137. The van der Waals surface area contributed by atoms with E-state index < -0.39 is 17.4 Å². The summed E-state index contributed by atoms with van der Waals surface area (Å²) in [6, 6.07) is 9.83. The fourth-order valence-corrected chi connectivity index (χ4v) is 4.53. The Bertz CT molecular complexity index is 911. The van der Waals surface area contributed by atoms with E-state index in [0.29, 0.717) is 56.0 Å². The van der Waals surface area contributed by atoms with Gasteiger partial charge in [0.15, 0.2) is 0 Å². The number of likely N-dealkylation sites (tertiary alicyclic amines) is 1. The van der Waals surface area contributed by atoms with Crippen LogP contribution in [0.25, 0.3) is 0 Å². The summed E-state index contributed by atoms with van der Waals surface area (Å²) in [6.07, 6.45) is -3.15. The van der Waals surface area contributed by atoms with Crippen LogP contribution in [0.1, 0.15) is 48.4 Å². The molecule has 0 radical (unpaired) electrons. The first kappa shape index (κ1) is 20.8. The topological polar surface area (TPSA) is 46.5 Å². The van der Waals surface area contributed by atoms with Crippen molar-refractivity contribution in [1.82, 2.24) is 14.8 Å². The van der Waals surface area contributed by atoms with E-state index in [1.165, 1.54) is 10.6 Å². The predicted octanol–water partition coefficient (Wildman–Crippen LogP) is 4.03. The van der Waals surface area contributed by atoms with Gasteiger partial charge in [-0.1, -0.05) is 0 Å². The van der Waals surface area contributed by atoms with Gasteiger partial charge in [-0.2, -0.15) is 13.2 Å². The molecule has 1 amide bonds. The van der Waals surface area contributed by atoms with Crippen molar-refractivity contribution in [3.63, 3.8) is 0 Å². The van der Waals surface area contributed by atoms with Gasteiger partial charge in [-0.05, 0) is 63.1 Å². The van der Waals surface area contributed by atoms with Crippen LogP contribution in [0.5, 0.6) is 5.75 Å². The lowest BCUT2D eigenvalue weighted by Gasteiger charge is -2.45. The molecule has 1 spiro atoms. The average Bonchev–Trinajstić information content (AvgIpc) is 3.15. The van der Waals surface area contributed by atoms with Crippen molar-refractivity contribution in [3.05, 3.63) is 53.3 Å². The molecule has 0 atom stereocenters. The van der Waals surface area contributed by atoms with Crippen molar-refractivity contribution in [2.24, 2.45) is 0 Å². The Labute approximate surface area is 173 Å². The molecule has 0 unspecified atom stereocenters. The van der Waals surface area contributed by atoms with Crippen molar-refractivity contribution in [2.45, 2.75) is 51.1 Å². The predicted molar refractivity (Wildman–Crippen MR) is 106 cm³/mol. The molecule has 3 heterocycles. The number of rotatable bonds is 3. The van der Waals surface area contributed by atoms with Crippen LogP contribution in [-0.4, -0.2) is 41.1 Å². The molecule has 1 aromatic heterocycles. The van der Waals surface area contributed by atoms with Gasteiger partial charge in [0.05, 0.1) is 11.6 Å². The Morgan fingerprint density at radius 1 is 1.07 bits per heavy atom. The molecule has 2 aromatic rings. The molecule has 1 aromatic carbocycles. The molecule has 1 N–H and O–H groups in total. The number of aromatic nitrogens is 1. The summed E-state index contributed by atoms with van der Waals surface area (Å²) in [4.78, 5) is 14.7. The van der Waals surface area contributed by atoms with Gasteiger partial charge in [0.25, 0.3) is 5.91 Å². The number of hydrogen-bond acceptors (Lipinski definition) is 3. The van der Waals surface area contributed by atoms with Gasteiger partial charge >= 0.3 is 6.18 Å². The number of fused-ring (bicyclic) bond motifs is 2. The van der Waals surface area contributed by atoms with Crippen LogP contribution >= 0.6 is 0 Å². The van der Waals surface area contributed by atoms with Gasteiger partial charge in [0.2, 0.25) is 0 Å². The number of benzene rings is 1. The normalized spacial score (nSPS) is 18.5. The minimum Gasteiger partial charge on any atom is -0.491 e. The Balaban J connectivity index is 1.47. The number of ether oxygens (including phenoxy) is 1. The lowest BCUT2D eigenvalue weighted by molar-refractivity contribution is -0.144. The van der Waals surface area contributed by atoms with Gasteiger partial charge < -0.3 is 19.5 Å². The minimum absolute atomic E-state index is 0.0599. The monoisotopic (exact) mass is 421 g/mol. The van der Waals surface area contributed by atoms with Crippen LogP contribution < -0.4 is 10.1 Å². The molecule has 0 aliphatic carbocycles. The fourth-order valence-electron chi connectivity index (χ4n) is 4.53. The van der Waals surface area contributed by atoms with Crippen LogP contribution in [-0.2, 0) is 18.3 Å². The summed E-state index contributed by atoms with van der Waals surface area (Å²) < 4.78 is 46.9. The number of carbonyl (C=O) groups is 1. The van der Waals surface area contributed by atoms with Crippen molar-refractivity contribution < 1.29 is 22.7 Å². The van der Waals surface area contributed by atoms with E-state index in [9.17, 15) is 18.0 Å². The molecule has 4 rings (SSSR count). The number of nitrogens with one attached hydrogen (secondary N) is 1. The quantitative estimate of drug-likeness (QED) is 0.814. The third-order valence-electron chi connectivity index (χ3n) is 5.94. The second kappa shape index (κ2) is 7.65. The van der Waals surface area contributed by atoms with Crippen LogP contribution in [0.2, 0.25) is 0 Å². The summed E-state index contributed by atoms with van der Waals surface area (Å²) in [6.45, 7) is 5.64. The van der Waals surface area contributed by atoms with Crippen molar-refractivity contribution in [1.29, 1.82) is 0 Å². The lowest BCUT2D eigenvalue weighted by atomic mass is 9.83. The molecule has 162 valence electrons. The van der Waals surface area contributed by atoms with E-state index in [2.05, 4.69) is 5.32 Å². The highest BCUT2D eigenvalue weighted by atomic mass is 19.4. The highest BCUT2D eigenvalue weighted by molar-refractivity contribution is 5.94. The minimum atomic E-state index is -4.36. The van der Waals surface area contributed by atoms with Crippen molar-refractivity contribution in [2.75, 3.05) is 19.6 Å². The third-order valence-corrected chi connectivity index (χ3v) is 5.94. The average molecular weight is 421 g/mol. The maximum atomic E-state index is 13.3. The number of nitrogens with zero attached hydrogens (tertiary/aromatic N) is 2. The highest BCUT2D eigenvalue weighted by Crippen LogP contribution is 2.40. The molecule has 0 saturated carbocycles. The van der Waals surface area contributed by atoms with Gasteiger partial charge in [-0.3, -0.25) is 4.79 Å². The van der Waals surface area contributed by atoms with E-state index in [1.807, 2.05) is 13.8 Å². The molecule has 1 saturated heterocycles. The largest absolute Gasteiger partial charge is 0.491 e. The smallest absolute Gasteiger partial charge is 0.431 e. The maximum Gasteiger partial charge on any atom is 0.431 e. The zero-order valence-electron chi connectivity index (χ0n) is 17.1. The van der Waals surface area contributed by atoms with E-state index in [0.717, 1.165) is 0 Å². The summed E-state index contributed by atoms with van der Waals surface area (Å²) >= 11 is 0. The van der Waals surface area contributed by atoms with E-state index in [1.54, 1.807) is 35.2 Å². The number of halogens is 3. The highest BCUT2D eigenvalue weighted by Gasteiger charge is 2.44. The first-order valence-electron chi connectivity index (χ1n) is 10.3. The number of hydrogen-bond donors (Lipinski definition) is 1.